The van der Waals surface area contributed by atoms with Crippen molar-refractivity contribution < 1.29 is 5.11 Å². The molecule has 1 saturated heterocycles. The number of halogens is 1. The second-order valence-electron chi connectivity index (χ2n) is 6.00. The van der Waals surface area contributed by atoms with E-state index in [4.69, 9.17) is 11.6 Å². The van der Waals surface area contributed by atoms with Crippen LogP contribution in [0.3, 0.4) is 0 Å². The molecular formula is C15H26ClNO. The van der Waals surface area contributed by atoms with Crippen LogP contribution in [0, 0.1) is 5.92 Å². The molecule has 0 aromatic rings. The minimum absolute atomic E-state index is 0.0790. The van der Waals surface area contributed by atoms with Crippen LogP contribution < -0.4 is 0 Å². The molecule has 1 aliphatic heterocycles. The van der Waals surface area contributed by atoms with Crippen LogP contribution in [0.4, 0.5) is 0 Å². The number of aliphatic hydroxyl groups excluding tert-OH is 1. The summed E-state index contributed by atoms with van der Waals surface area (Å²) < 4.78 is 0. The third kappa shape index (κ3) is 3.49. The van der Waals surface area contributed by atoms with Crippen molar-refractivity contribution in [3.8, 4) is 0 Å². The van der Waals surface area contributed by atoms with Gasteiger partial charge in [0.2, 0.25) is 0 Å². The summed E-state index contributed by atoms with van der Waals surface area (Å²) in [5.41, 5.74) is 2.93. The van der Waals surface area contributed by atoms with E-state index >= 15 is 0 Å². The monoisotopic (exact) mass is 271 g/mol. The van der Waals surface area contributed by atoms with E-state index in [-0.39, 0.29) is 6.10 Å². The van der Waals surface area contributed by atoms with E-state index in [0.29, 0.717) is 12.0 Å². The molecule has 2 rings (SSSR count). The second kappa shape index (κ2) is 6.93. The molecule has 1 heterocycles. The van der Waals surface area contributed by atoms with E-state index in [0.717, 1.165) is 19.5 Å². The lowest BCUT2D eigenvalue weighted by molar-refractivity contribution is -0.00223. The van der Waals surface area contributed by atoms with Gasteiger partial charge in [0.15, 0.2) is 0 Å². The molecule has 0 amide bonds. The third-order valence-corrected chi connectivity index (χ3v) is 4.95. The molecule has 0 spiro atoms. The maximum atomic E-state index is 10.3. The highest BCUT2D eigenvalue weighted by atomic mass is 35.5. The average Bonchev–Trinajstić information content (AvgIpc) is 2.40. The van der Waals surface area contributed by atoms with Gasteiger partial charge in [-0.3, -0.25) is 4.90 Å². The minimum atomic E-state index is -0.0790. The van der Waals surface area contributed by atoms with E-state index < -0.39 is 0 Å². The maximum absolute atomic E-state index is 10.3. The van der Waals surface area contributed by atoms with Crippen molar-refractivity contribution in [1.82, 2.24) is 4.90 Å². The normalized spacial score (nSPS) is 35.7. The van der Waals surface area contributed by atoms with E-state index in [1.165, 1.54) is 44.1 Å². The first-order valence-electron chi connectivity index (χ1n) is 7.40. The Morgan fingerprint density at radius 1 is 1.22 bits per heavy atom. The van der Waals surface area contributed by atoms with Crippen LogP contribution in [0.2, 0.25) is 0 Å². The quantitative estimate of drug-likeness (QED) is 0.849. The number of hydrogen-bond donors (Lipinski definition) is 1. The fourth-order valence-electron chi connectivity index (χ4n) is 3.64. The van der Waals surface area contributed by atoms with Crippen LogP contribution in [0.1, 0.15) is 51.9 Å². The topological polar surface area (TPSA) is 23.5 Å². The predicted octanol–water partition coefficient (Wildman–Crippen LogP) is 3.53. The zero-order valence-electron chi connectivity index (χ0n) is 11.4. The number of hydrogen-bond acceptors (Lipinski definition) is 2. The smallest absolute Gasteiger partial charge is 0.0583 e. The summed E-state index contributed by atoms with van der Waals surface area (Å²) in [7, 11) is 0. The fourth-order valence-corrected chi connectivity index (χ4v) is 3.71. The lowest BCUT2D eigenvalue weighted by Crippen LogP contribution is -2.49. The van der Waals surface area contributed by atoms with Gasteiger partial charge in [-0.15, -0.1) is 0 Å². The first-order chi connectivity index (χ1) is 8.72. The molecule has 0 aromatic heterocycles. The number of nitrogens with zero attached hydrogens (tertiary/aromatic N) is 1. The molecule has 0 aromatic carbocycles. The number of aliphatic hydroxyl groups is 1. The van der Waals surface area contributed by atoms with Crippen LogP contribution in [0.15, 0.2) is 11.1 Å². The summed E-state index contributed by atoms with van der Waals surface area (Å²) in [6.45, 7) is 4.23. The minimum Gasteiger partial charge on any atom is -0.393 e. The molecule has 104 valence electrons. The van der Waals surface area contributed by atoms with Gasteiger partial charge in [-0.25, -0.2) is 0 Å². The third-order valence-electron chi connectivity index (χ3n) is 4.58. The Balaban J connectivity index is 2.02. The molecule has 3 atom stereocenters. The number of piperidine rings is 1. The number of rotatable bonds is 3. The molecule has 3 unspecified atom stereocenters. The SMILES string of the molecule is CC(=CCl)CN1CCCCC1C1CCCCC1O. The standard InChI is InChI=1S/C15H26ClNO/c1-12(10-16)11-17-9-5-4-7-14(17)13-6-2-3-8-15(13)18/h10,13-15,18H,2-9,11H2,1H3. The first-order valence-corrected chi connectivity index (χ1v) is 7.84. The molecule has 0 radical (unpaired) electrons. The lowest BCUT2D eigenvalue weighted by atomic mass is 9.78. The van der Waals surface area contributed by atoms with E-state index in [1.807, 2.05) is 0 Å². The Morgan fingerprint density at radius 2 is 1.94 bits per heavy atom. The Morgan fingerprint density at radius 3 is 2.67 bits per heavy atom. The van der Waals surface area contributed by atoms with Gasteiger partial charge in [-0.2, -0.15) is 0 Å². The fraction of sp³-hybridized carbons (Fsp3) is 0.867. The summed E-state index contributed by atoms with van der Waals surface area (Å²) in [5.74, 6) is 0.488. The van der Waals surface area contributed by atoms with Crippen molar-refractivity contribution in [2.75, 3.05) is 13.1 Å². The predicted molar refractivity (Wildman–Crippen MR) is 76.8 cm³/mol. The van der Waals surface area contributed by atoms with E-state index in [9.17, 15) is 5.11 Å². The average molecular weight is 272 g/mol. The summed E-state index contributed by atoms with van der Waals surface area (Å²) in [6, 6.07) is 0.570. The molecule has 1 N–H and O–H groups in total. The van der Waals surface area contributed by atoms with Gasteiger partial charge < -0.3 is 5.11 Å². The van der Waals surface area contributed by atoms with Crippen LogP contribution >= 0.6 is 11.6 Å². The van der Waals surface area contributed by atoms with Crippen molar-refractivity contribution >= 4 is 11.6 Å². The molecular weight excluding hydrogens is 246 g/mol. The molecule has 1 saturated carbocycles. The second-order valence-corrected chi connectivity index (χ2v) is 6.22. The van der Waals surface area contributed by atoms with Crippen molar-refractivity contribution in [2.45, 2.75) is 64.0 Å². The van der Waals surface area contributed by atoms with Crippen molar-refractivity contribution in [3.05, 3.63) is 11.1 Å². The van der Waals surface area contributed by atoms with Gasteiger partial charge in [0.1, 0.15) is 0 Å². The van der Waals surface area contributed by atoms with Crippen molar-refractivity contribution in [3.63, 3.8) is 0 Å². The zero-order chi connectivity index (χ0) is 13.0. The molecule has 3 heteroatoms. The van der Waals surface area contributed by atoms with Crippen molar-refractivity contribution in [2.24, 2.45) is 5.92 Å². The van der Waals surface area contributed by atoms with E-state index in [2.05, 4.69) is 11.8 Å². The highest BCUT2D eigenvalue weighted by Crippen LogP contribution is 2.34. The Hall–Kier alpha value is -0.0500. The summed E-state index contributed by atoms with van der Waals surface area (Å²) in [6.07, 6.45) is 8.46. The summed E-state index contributed by atoms with van der Waals surface area (Å²) in [4.78, 5) is 2.55. The van der Waals surface area contributed by atoms with Gasteiger partial charge in [-0.05, 0) is 44.7 Å². The highest BCUT2D eigenvalue weighted by Gasteiger charge is 2.35. The summed E-state index contributed by atoms with van der Waals surface area (Å²) in [5, 5.41) is 10.3. The van der Waals surface area contributed by atoms with Gasteiger partial charge in [0, 0.05) is 24.0 Å². The zero-order valence-corrected chi connectivity index (χ0v) is 12.2. The first kappa shape index (κ1) is 14.4. The molecule has 2 fully saturated rings. The Bertz CT molecular complexity index is 292. The molecule has 0 bridgehead atoms. The van der Waals surface area contributed by atoms with Crippen molar-refractivity contribution in [1.29, 1.82) is 0 Å². The molecule has 2 nitrogen and oxygen atoms in total. The van der Waals surface area contributed by atoms with E-state index in [1.54, 1.807) is 5.54 Å². The van der Waals surface area contributed by atoms with Gasteiger partial charge in [0.05, 0.1) is 6.10 Å². The lowest BCUT2D eigenvalue weighted by Gasteiger charge is -2.44. The Kier molecular flexibility index (Phi) is 5.53. The van der Waals surface area contributed by atoms with Gasteiger partial charge >= 0.3 is 0 Å². The van der Waals surface area contributed by atoms with Crippen LogP contribution in [-0.2, 0) is 0 Å². The number of likely N-dealkylation sites (tertiary alicyclic amines) is 1. The molecule has 2 aliphatic rings. The highest BCUT2D eigenvalue weighted by molar-refractivity contribution is 6.25. The van der Waals surface area contributed by atoms with Crippen LogP contribution in [-0.4, -0.2) is 35.2 Å². The Labute approximate surface area is 116 Å². The molecule has 1 aliphatic carbocycles. The van der Waals surface area contributed by atoms with Gasteiger partial charge in [-0.1, -0.05) is 30.9 Å². The van der Waals surface area contributed by atoms with Crippen LogP contribution in [0.25, 0.3) is 0 Å². The maximum Gasteiger partial charge on any atom is 0.0583 e. The van der Waals surface area contributed by atoms with Gasteiger partial charge in [0.25, 0.3) is 0 Å². The largest absolute Gasteiger partial charge is 0.393 e. The summed E-state index contributed by atoms with van der Waals surface area (Å²) >= 11 is 5.80. The van der Waals surface area contributed by atoms with Crippen LogP contribution in [0.5, 0.6) is 0 Å². The molecule has 18 heavy (non-hydrogen) atoms.